The molecule has 1 amide bonds. The van der Waals surface area contributed by atoms with Crippen LogP contribution < -0.4 is 9.47 Å². The lowest BCUT2D eigenvalue weighted by Crippen LogP contribution is -2.24. The van der Waals surface area contributed by atoms with E-state index in [0.717, 1.165) is 16.8 Å². The number of benzene rings is 2. The van der Waals surface area contributed by atoms with Gasteiger partial charge in [0.15, 0.2) is 11.5 Å². The Morgan fingerprint density at radius 3 is 2.36 bits per heavy atom. The number of hydrazone groups is 1. The van der Waals surface area contributed by atoms with Gasteiger partial charge < -0.3 is 9.47 Å². The summed E-state index contributed by atoms with van der Waals surface area (Å²) in [6.45, 7) is 3.59. The van der Waals surface area contributed by atoms with Crippen molar-refractivity contribution in [2.75, 3.05) is 14.2 Å². The lowest BCUT2D eigenvalue weighted by molar-refractivity contribution is -0.130. The summed E-state index contributed by atoms with van der Waals surface area (Å²) in [4.78, 5) is 12.1. The molecular formula is C20H22N2O3. The SMILES string of the molecule is COc1ccc(C2=NN(C(C)=O)C(c3ccc(C)cc3)C2)cc1OC. The molecule has 2 aromatic rings. The Kier molecular flexibility index (Phi) is 4.74. The zero-order valence-electron chi connectivity index (χ0n) is 14.9. The number of ether oxygens (including phenoxy) is 2. The Hall–Kier alpha value is -2.82. The quantitative estimate of drug-likeness (QED) is 0.854. The van der Waals surface area contributed by atoms with Crippen molar-refractivity contribution in [3.8, 4) is 11.5 Å². The Morgan fingerprint density at radius 1 is 1.08 bits per heavy atom. The summed E-state index contributed by atoms with van der Waals surface area (Å²) in [5, 5.41) is 6.14. The number of carbonyl (C=O) groups is 1. The Labute approximate surface area is 147 Å². The Morgan fingerprint density at radius 2 is 1.76 bits per heavy atom. The molecule has 130 valence electrons. The van der Waals surface area contributed by atoms with Crippen molar-refractivity contribution in [2.45, 2.75) is 26.3 Å². The highest BCUT2D eigenvalue weighted by atomic mass is 16.5. The standard InChI is InChI=1S/C20H22N2O3/c1-13-5-7-15(8-6-13)18-12-17(21-22(18)14(2)23)16-9-10-19(24-3)20(11-16)25-4/h5-11,18H,12H2,1-4H3. The monoisotopic (exact) mass is 338 g/mol. The third kappa shape index (κ3) is 3.36. The van der Waals surface area contributed by atoms with Crippen LogP contribution in [0.1, 0.15) is 36.1 Å². The maximum absolute atomic E-state index is 12.1. The average molecular weight is 338 g/mol. The van der Waals surface area contributed by atoms with Crippen LogP contribution >= 0.6 is 0 Å². The van der Waals surface area contributed by atoms with E-state index in [9.17, 15) is 4.79 Å². The van der Waals surface area contributed by atoms with Gasteiger partial charge in [-0.1, -0.05) is 29.8 Å². The predicted octanol–water partition coefficient (Wildman–Crippen LogP) is 3.71. The number of hydrogen-bond acceptors (Lipinski definition) is 4. The first-order chi connectivity index (χ1) is 12.0. The maximum atomic E-state index is 12.1. The molecule has 1 unspecified atom stereocenters. The molecule has 5 heteroatoms. The molecular weight excluding hydrogens is 316 g/mol. The number of nitrogens with zero attached hydrogens (tertiary/aromatic N) is 2. The van der Waals surface area contributed by atoms with Gasteiger partial charge in [-0.05, 0) is 30.7 Å². The van der Waals surface area contributed by atoms with Gasteiger partial charge in [-0.15, -0.1) is 0 Å². The normalized spacial score (nSPS) is 16.6. The largest absolute Gasteiger partial charge is 0.493 e. The van der Waals surface area contributed by atoms with Gasteiger partial charge in [0.2, 0.25) is 5.91 Å². The summed E-state index contributed by atoms with van der Waals surface area (Å²) in [6, 6.07) is 13.8. The summed E-state index contributed by atoms with van der Waals surface area (Å²) < 4.78 is 10.7. The lowest BCUT2D eigenvalue weighted by Gasteiger charge is -2.20. The first-order valence-electron chi connectivity index (χ1n) is 8.19. The van der Waals surface area contributed by atoms with Gasteiger partial charge in [-0.2, -0.15) is 5.10 Å². The fourth-order valence-corrected chi connectivity index (χ4v) is 3.04. The minimum atomic E-state index is -0.0822. The summed E-state index contributed by atoms with van der Waals surface area (Å²) >= 11 is 0. The van der Waals surface area contributed by atoms with Gasteiger partial charge >= 0.3 is 0 Å². The summed E-state index contributed by atoms with van der Waals surface area (Å²) in [5.74, 6) is 1.25. The van der Waals surface area contributed by atoms with E-state index in [0.29, 0.717) is 17.9 Å². The fourth-order valence-electron chi connectivity index (χ4n) is 3.04. The lowest BCUT2D eigenvalue weighted by atomic mass is 9.97. The van der Waals surface area contributed by atoms with E-state index in [2.05, 4.69) is 29.4 Å². The second-order valence-corrected chi connectivity index (χ2v) is 6.11. The van der Waals surface area contributed by atoms with E-state index >= 15 is 0 Å². The van der Waals surface area contributed by atoms with E-state index in [1.807, 2.05) is 25.1 Å². The van der Waals surface area contributed by atoms with Crippen LogP contribution in [0.4, 0.5) is 0 Å². The molecule has 0 saturated carbocycles. The zero-order chi connectivity index (χ0) is 18.0. The topological polar surface area (TPSA) is 51.1 Å². The highest BCUT2D eigenvalue weighted by Crippen LogP contribution is 2.35. The van der Waals surface area contributed by atoms with Crippen molar-refractivity contribution in [3.63, 3.8) is 0 Å². The third-order valence-electron chi connectivity index (χ3n) is 4.41. The number of rotatable bonds is 4. The number of methoxy groups -OCH3 is 2. The van der Waals surface area contributed by atoms with Gasteiger partial charge in [0.25, 0.3) is 0 Å². The fraction of sp³-hybridized carbons (Fsp3) is 0.300. The maximum Gasteiger partial charge on any atom is 0.240 e. The molecule has 0 saturated heterocycles. The summed E-state index contributed by atoms with van der Waals surface area (Å²) in [7, 11) is 3.21. The van der Waals surface area contributed by atoms with Crippen molar-refractivity contribution < 1.29 is 14.3 Å². The van der Waals surface area contributed by atoms with Crippen molar-refractivity contribution >= 4 is 11.6 Å². The van der Waals surface area contributed by atoms with Crippen LogP contribution in [0.15, 0.2) is 47.6 Å². The highest BCUT2D eigenvalue weighted by molar-refractivity contribution is 6.03. The molecule has 0 aromatic heterocycles. The van der Waals surface area contributed by atoms with E-state index in [1.54, 1.807) is 26.2 Å². The molecule has 3 rings (SSSR count). The van der Waals surface area contributed by atoms with Crippen LogP contribution in [0.2, 0.25) is 0 Å². The molecule has 0 aliphatic carbocycles. The molecule has 5 nitrogen and oxygen atoms in total. The van der Waals surface area contributed by atoms with Gasteiger partial charge in [0, 0.05) is 18.9 Å². The van der Waals surface area contributed by atoms with Crippen molar-refractivity contribution in [1.29, 1.82) is 0 Å². The zero-order valence-corrected chi connectivity index (χ0v) is 14.9. The van der Waals surface area contributed by atoms with Gasteiger partial charge in [-0.3, -0.25) is 4.79 Å². The van der Waals surface area contributed by atoms with E-state index in [-0.39, 0.29) is 11.9 Å². The Bertz CT molecular complexity index is 812. The van der Waals surface area contributed by atoms with Gasteiger partial charge in [-0.25, -0.2) is 5.01 Å². The first-order valence-corrected chi connectivity index (χ1v) is 8.19. The van der Waals surface area contributed by atoms with Crippen molar-refractivity contribution in [1.82, 2.24) is 5.01 Å². The number of carbonyl (C=O) groups excluding carboxylic acids is 1. The molecule has 0 N–H and O–H groups in total. The molecule has 1 aliphatic heterocycles. The molecule has 2 aromatic carbocycles. The van der Waals surface area contributed by atoms with E-state index < -0.39 is 0 Å². The van der Waals surface area contributed by atoms with E-state index in [1.165, 1.54) is 5.56 Å². The van der Waals surface area contributed by atoms with Crippen LogP contribution in [0.5, 0.6) is 11.5 Å². The van der Waals surface area contributed by atoms with Crippen LogP contribution in [0.3, 0.4) is 0 Å². The molecule has 1 aliphatic rings. The number of aryl methyl sites for hydroxylation is 1. The molecule has 1 atom stereocenters. The summed E-state index contributed by atoms with van der Waals surface area (Å²) in [6.07, 6.45) is 0.665. The van der Waals surface area contributed by atoms with Crippen LogP contribution in [0.25, 0.3) is 0 Å². The molecule has 0 spiro atoms. The Balaban J connectivity index is 1.94. The molecule has 0 bridgehead atoms. The molecule has 1 heterocycles. The van der Waals surface area contributed by atoms with Crippen molar-refractivity contribution in [3.05, 3.63) is 59.2 Å². The predicted molar refractivity (Wildman–Crippen MR) is 97.1 cm³/mol. The minimum Gasteiger partial charge on any atom is -0.493 e. The van der Waals surface area contributed by atoms with Crippen LogP contribution in [0, 0.1) is 6.92 Å². The average Bonchev–Trinajstić information content (AvgIpc) is 3.07. The minimum absolute atomic E-state index is 0.0685. The first kappa shape index (κ1) is 17.0. The third-order valence-corrected chi connectivity index (χ3v) is 4.41. The number of hydrogen-bond donors (Lipinski definition) is 0. The second-order valence-electron chi connectivity index (χ2n) is 6.11. The molecule has 0 fully saturated rings. The van der Waals surface area contributed by atoms with E-state index in [4.69, 9.17) is 9.47 Å². The summed E-state index contributed by atoms with van der Waals surface area (Å²) in [5.41, 5.74) is 4.07. The van der Waals surface area contributed by atoms with Crippen molar-refractivity contribution in [2.24, 2.45) is 5.10 Å². The number of amides is 1. The van der Waals surface area contributed by atoms with Gasteiger partial charge in [0.1, 0.15) is 0 Å². The highest BCUT2D eigenvalue weighted by Gasteiger charge is 2.31. The molecule has 0 radical (unpaired) electrons. The van der Waals surface area contributed by atoms with Crippen LogP contribution in [-0.2, 0) is 4.79 Å². The molecule has 25 heavy (non-hydrogen) atoms. The van der Waals surface area contributed by atoms with Gasteiger partial charge in [0.05, 0.1) is 26.0 Å². The van der Waals surface area contributed by atoms with Crippen LogP contribution in [-0.4, -0.2) is 30.8 Å². The smallest absolute Gasteiger partial charge is 0.240 e. The second kappa shape index (κ2) is 6.97.